The SMILES string of the molecule is CC(C)c1cc(N2CC(Cc3ccccc3Br)C2)n2ncnc2n1. The molecule has 3 heterocycles. The Labute approximate surface area is 149 Å². The molecule has 0 unspecified atom stereocenters. The highest BCUT2D eigenvalue weighted by Crippen LogP contribution is 2.30. The van der Waals surface area contributed by atoms with E-state index in [1.54, 1.807) is 6.33 Å². The van der Waals surface area contributed by atoms with Crippen molar-refractivity contribution in [3.05, 3.63) is 52.4 Å². The van der Waals surface area contributed by atoms with Gasteiger partial charge in [-0.25, -0.2) is 4.98 Å². The summed E-state index contributed by atoms with van der Waals surface area (Å²) in [5.41, 5.74) is 2.45. The number of benzene rings is 1. The number of anilines is 1. The van der Waals surface area contributed by atoms with Gasteiger partial charge < -0.3 is 4.90 Å². The van der Waals surface area contributed by atoms with E-state index in [2.05, 4.69) is 80.1 Å². The largest absolute Gasteiger partial charge is 0.356 e. The van der Waals surface area contributed by atoms with Crippen molar-refractivity contribution in [3.8, 4) is 0 Å². The normalized spacial score (nSPS) is 15.2. The van der Waals surface area contributed by atoms with Crippen molar-refractivity contribution >= 4 is 27.5 Å². The molecule has 1 aromatic carbocycles. The van der Waals surface area contributed by atoms with E-state index in [-0.39, 0.29) is 0 Å². The van der Waals surface area contributed by atoms with Gasteiger partial charge in [-0.15, -0.1) is 0 Å². The van der Waals surface area contributed by atoms with E-state index in [0.29, 0.717) is 17.6 Å². The Morgan fingerprint density at radius 1 is 1.25 bits per heavy atom. The van der Waals surface area contributed by atoms with Crippen LogP contribution in [-0.4, -0.2) is 32.7 Å². The monoisotopic (exact) mass is 385 g/mol. The molecule has 1 aliphatic rings. The van der Waals surface area contributed by atoms with Crippen LogP contribution in [0.1, 0.15) is 31.0 Å². The first-order valence-corrected chi connectivity index (χ1v) is 9.10. The van der Waals surface area contributed by atoms with E-state index >= 15 is 0 Å². The van der Waals surface area contributed by atoms with E-state index in [9.17, 15) is 0 Å². The fourth-order valence-electron chi connectivity index (χ4n) is 3.20. The van der Waals surface area contributed by atoms with Gasteiger partial charge in [-0.1, -0.05) is 48.0 Å². The summed E-state index contributed by atoms with van der Waals surface area (Å²) in [4.78, 5) is 11.2. The number of fused-ring (bicyclic) bond motifs is 1. The highest BCUT2D eigenvalue weighted by Gasteiger charge is 2.30. The minimum absolute atomic E-state index is 0.378. The zero-order chi connectivity index (χ0) is 16.7. The van der Waals surface area contributed by atoms with E-state index < -0.39 is 0 Å². The summed E-state index contributed by atoms with van der Waals surface area (Å²) in [5, 5.41) is 4.34. The number of rotatable bonds is 4. The molecule has 0 atom stereocenters. The summed E-state index contributed by atoms with van der Waals surface area (Å²) in [7, 11) is 0. The Hall–Kier alpha value is -1.95. The average Bonchev–Trinajstić information content (AvgIpc) is 3.00. The molecule has 0 amide bonds. The van der Waals surface area contributed by atoms with Crippen LogP contribution in [0, 0.1) is 5.92 Å². The molecule has 1 saturated heterocycles. The van der Waals surface area contributed by atoms with Crippen LogP contribution in [0.2, 0.25) is 0 Å². The van der Waals surface area contributed by atoms with Crippen LogP contribution in [0.5, 0.6) is 0 Å². The van der Waals surface area contributed by atoms with Gasteiger partial charge in [0.1, 0.15) is 12.1 Å². The first-order valence-electron chi connectivity index (χ1n) is 8.31. The van der Waals surface area contributed by atoms with Gasteiger partial charge in [0, 0.05) is 23.6 Å². The Morgan fingerprint density at radius 3 is 2.79 bits per heavy atom. The number of hydrogen-bond acceptors (Lipinski definition) is 4. The zero-order valence-corrected chi connectivity index (χ0v) is 15.4. The Morgan fingerprint density at radius 2 is 2.04 bits per heavy atom. The molecule has 124 valence electrons. The Kier molecular flexibility index (Phi) is 4.00. The Bertz CT molecular complexity index is 867. The van der Waals surface area contributed by atoms with Crippen LogP contribution in [0.3, 0.4) is 0 Å². The van der Waals surface area contributed by atoms with Crippen LogP contribution < -0.4 is 4.90 Å². The molecule has 3 aromatic rings. The van der Waals surface area contributed by atoms with E-state index in [1.165, 1.54) is 10.0 Å². The molecule has 1 aliphatic heterocycles. The van der Waals surface area contributed by atoms with Gasteiger partial charge in [0.15, 0.2) is 0 Å². The van der Waals surface area contributed by atoms with E-state index in [0.717, 1.165) is 31.0 Å². The minimum atomic E-state index is 0.378. The predicted molar refractivity (Wildman–Crippen MR) is 98.4 cm³/mol. The van der Waals surface area contributed by atoms with Crippen molar-refractivity contribution in [3.63, 3.8) is 0 Å². The van der Waals surface area contributed by atoms with Crippen molar-refractivity contribution in [2.75, 3.05) is 18.0 Å². The third-order valence-electron chi connectivity index (χ3n) is 4.59. The van der Waals surface area contributed by atoms with Crippen LogP contribution in [0.15, 0.2) is 41.1 Å². The molecule has 6 heteroatoms. The minimum Gasteiger partial charge on any atom is -0.356 e. The first kappa shape index (κ1) is 15.6. The van der Waals surface area contributed by atoms with Crippen molar-refractivity contribution in [1.82, 2.24) is 19.6 Å². The fraction of sp³-hybridized carbons (Fsp3) is 0.389. The van der Waals surface area contributed by atoms with Crippen molar-refractivity contribution in [1.29, 1.82) is 0 Å². The summed E-state index contributed by atoms with van der Waals surface area (Å²) >= 11 is 3.65. The summed E-state index contributed by atoms with van der Waals surface area (Å²) < 4.78 is 3.05. The number of nitrogens with zero attached hydrogens (tertiary/aromatic N) is 5. The molecule has 0 radical (unpaired) electrons. The molecule has 0 bridgehead atoms. The van der Waals surface area contributed by atoms with Gasteiger partial charge >= 0.3 is 0 Å². The maximum absolute atomic E-state index is 4.59. The van der Waals surface area contributed by atoms with Crippen LogP contribution >= 0.6 is 15.9 Å². The highest BCUT2D eigenvalue weighted by atomic mass is 79.9. The fourth-order valence-corrected chi connectivity index (χ4v) is 3.64. The van der Waals surface area contributed by atoms with Crippen molar-refractivity contribution in [2.24, 2.45) is 5.92 Å². The van der Waals surface area contributed by atoms with Gasteiger partial charge in [-0.05, 0) is 29.9 Å². The standard InChI is InChI=1S/C18H20BrN5/c1-12(2)16-8-17(24-18(22-16)20-11-21-24)23-9-13(10-23)7-14-5-3-4-6-15(14)19/h3-6,8,11-13H,7,9-10H2,1-2H3. The van der Waals surface area contributed by atoms with Gasteiger partial charge in [0.2, 0.25) is 0 Å². The molecular weight excluding hydrogens is 366 g/mol. The van der Waals surface area contributed by atoms with Crippen molar-refractivity contribution < 1.29 is 0 Å². The van der Waals surface area contributed by atoms with Crippen LogP contribution in [-0.2, 0) is 6.42 Å². The lowest BCUT2D eigenvalue weighted by molar-refractivity contribution is 0.402. The van der Waals surface area contributed by atoms with Crippen LogP contribution in [0.25, 0.3) is 5.78 Å². The highest BCUT2D eigenvalue weighted by molar-refractivity contribution is 9.10. The van der Waals surface area contributed by atoms with Gasteiger partial charge in [-0.3, -0.25) is 0 Å². The zero-order valence-electron chi connectivity index (χ0n) is 13.9. The van der Waals surface area contributed by atoms with Crippen LogP contribution in [0.4, 0.5) is 5.82 Å². The Balaban J connectivity index is 1.53. The molecule has 0 spiro atoms. The molecule has 2 aromatic heterocycles. The topological polar surface area (TPSA) is 46.3 Å². The van der Waals surface area contributed by atoms with Gasteiger partial charge in [-0.2, -0.15) is 14.6 Å². The average molecular weight is 386 g/mol. The predicted octanol–water partition coefficient (Wildman–Crippen LogP) is 3.69. The third kappa shape index (κ3) is 2.79. The summed E-state index contributed by atoms with van der Waals surface area (Å²) in [6.07, 6.45) is 2.68. The summed E-state index contributed by atoms with van der Waals surface area (Å²) in [6, 6.07) is 10.6. The molecule has 1 fully saturated rings. The molecule has 0 saturated carbocycles. The van der Waals surface area contributed by atoms with Gasteiger partial charge in [0.25, 0.3) is 5.78 Å². The molecule has 0 N–H and O–H groups in total. The van der Waals surface area contributed by atoms with E-state index in [1.807, 2.05) is 4.52 Å². The first-order chi connectivity index (χ1) is 11.6. The molecule has 5 nitrogen and oxygen atoms in total. The number of halogens is 1. The van der Waals surface area contributed by atoms with Crippen molar-refractivity contribution in [2.45, 2.75) is 26.2 Å². The maximum atomic E-state index is 4.59. The summed E-state index contributed by atoms with van der Waals surface area (Å²) in [5.74, 6) is 2.83. The number of hydrogen-bond donors (Lipinski definition) is 0. The molecular formula is C18H20BrN5. The second kappa shape index (κ2) is 6.16. The molecule has 4 rings (SSSR count). The second-order valence-corrected chi connectivity index (χ2v) is 7.59. The number of aromatic nitrogens is 4. The van der Waals surface area contributed by atoms with Gasteiger partial charge in [0.05, 0.1) is 5.69 Å². The maximum Gasteiger partial charge on any atom is 0.254 e. The lowest BCUT2D eigenvalue weighted by atomic mass is 9.92. The molecule has 24 heavy (non-hydrogen) atoms. The second-order valence-electron chi connectivity index (χ2n) is 6.73. The van der Waals surface area contributed by atoms with E-state index in [4.69, 9.17) is 0 Å². The lowest BCUT2D eigenvalue weighted by Gasteiger charge is -2.41. The summed E-state index contributed by atoms with van der Waals surface area (Å²) in [6.45, 7) is 6.39. The molecule has 0 aliphatic carbocycles. The lowest BCUT2D eigenvalue weighted by Crippen LogP contribution is -2.48. The smallest absolute Gasteiger partial charge is 0.254 e. The third-order valence-corrected chi connectivity index (χ3v) is 5.37. The quantitative estimate of drug-likeness (QED) is 0.686.